The second-order valence-electron chi connectivity index (χ2n) is 4.03. The van der Waals surface area contributed by atoms with E-state index in [9.17, 15) is 5.11 Å². The second-order valence-corrected chi connectivity index (χ2v) is 4.03. The fraction of sp³-hybridized carbons (Fsp3) is 0.500. The summed E-state index contributed by atoms with van der Waals surface area (Å²) < 4.78 is 15.8. The number of benzene rings is 1. The highest BCUT2D eigenvalue weighted by molar-refractivity contribution is 5.61. The molecule has 2 rings (SSSR count). The number of hydrogen-bond donors (Lipinski definition) is 2. The lowest BCUT2D eigenvalue weighted by Crippen LogP contribution is -2.24. The number of aliphatic hydroxyl groups is 1. The minimum Gasteiger partial charge on any atom is -0.493 e. The van der Waals surface area contributed by atoms with Crippen LogP contribution in [-0.4, -0.2) is 32.5 Å². The molecular weight excluding hydrogens is 222 g/mol. The van der Waals surface area contributed by atoms with Gasteiger partial charge < -0.3 is 25.1 Å². The van der Waals surface area contributed by atoms with E-state index in [1.807, 2.05) is 6.07 Å². The van der Waals surface area contributed by atoms with E-state index in [1.165, 1.54) is 14.2 Å². The van der Waals surface area contributed by atoms with Crippen LogP contribution in [0, 0.1) is 0 Å². The van der Waals surface area contributed by atoms with Crippen molar-refractivity contribution >= 4 is 0 Å². The molecule has 0 bridgehead atoms. The van der Waals surface area contributed by atoms with Gasteiger partial charge >= 0.3 is 0 Å². The van der Waals surface area contributed by atoms with Gasteiger partial charge in [0.05, 0.1) is 27.4 Å². The van der Waals surface area contributed by atoms with Crippen molar-refractivity contribution in [2.45, 2.75) is 18.6 Å². The molecule has 1 aliphatic carbocycles. The van der Waals surface area contributed by atoms with Gasteiger partial charge in [0.25, 0.3) is 0 Å². The number of aliphatic hydroxyl groups excluding tert-OH is 1. The number of nitrogens with two attached hydrogens (primary N) is 1. The highest BCUT2D eigenvalue weighted by Gasteiger charge is 2.34. The van der Waals surface area contributed by atoms with Crippen molar-refractivity contribution in [2.75, 3.05) is 21.3 Å². The van der Waals surface area contributed by atoms with Gasteiger partial charge in [-0.1, -0.05) is 0 Å². The average Bonchev–Trinajstić information content (AvgIpc) is 2.62. The second kappa shape index (κ2) is 4.43. The quantitative estimate of drug-likeness (QED) is 0.809. The SMILES string of the molecule is COc1cc2c(c(OC)c1OC)C(O)C(N)C2. The molecule has 94 valence electrons. The summed E-state index contributed by atoms with van der Waals surface area (Å²) in [5.41, 5.74) is 7.50. The van der Waals surface area contributed by atoms with E-state index in [4.69, 9.17) is 19.9 Å². The van der Waals surface area contributed by atoms with E-state index < -0.39 is 6.10 Å². The Morgan fingerprint density at radius 1 is 1.18 bits per heavy atom. The Labute approximate surface area is 100 Å². The molecular formula is C12H17NO4. The van der Waals surface area contributed by atoms with Gasteiger partial charge in [0.15, 0.2) is 11.5 Å². The predicted octanol–water partition coefficient (Wildman–Crippen LogP) is 0.629. The van der Waals surface area contributed by atoms with Gasteiger partial charge in [-0.05, 0) is 18.1 Å². The lowest BCUT2D eigenvalue weighted by Gasteiger charge is -2.17. The largest absolute Gasteiger partial charge is 0.493 e. The molecule has 5 heteroatoms. The van der Waals surface area contributed by atoms with Crippen LogP contribution in [0.15, 0.2) is 6.07 Å². The first-order valence-corrected chi connectivity index (χ1v) is 5.39. The van der Waals surface area contributed by atoms with E-state index >= 15 is 0 Å². The summed E-state index contributed by atoms with van der Waals surface area (Å²) in [6.07, 6.45) is -0.118. The maximum absolute atomic E-state index is 10.0. The van der Waals surface area contributed by atoms with E-state index in [0.717, 1.165) is 5.56 Å². The smallest absolute Gasteiger partial charge is 0.203 e. The van der Waals surface area contributed by atoms with Gasteiger partial charge in [0.2, 0.25) is 5.75 Å². The van der Waals surface area contributed by atoms with Crippen molar-refractivity contribution in [2.24, 2.45) is 5.73 Å². The summed E-state index contributed by atoms with van der Waals surface area (Å²) in [6, 6.07) is 1.53. The van der Waals surface area contributed by atoms with Crippen LogP contribution in [-0.2, 0) is 6.42 Å². The molecule has 0 aliphatic heterocycles. The maximum Gasteiger partial charge on any atom is 0.203 e. The van der Waals surface area contributed by atoms with Gasteiger partial charge in [-0.25, -0.2) is 0 Å². The van der Waals surface area contributed by atoms with Gasteiger partial charge in [-0.15, -0.1) is 0 Å². The van der Waals surface area contributed by atoms with Crippen LogP contribution in [0.1, 0.15) is 17.2 Å². The van der Waals surface area contributed by atoms with Crippen molar-refractivity contribution in [1.29, 1.82) is 0 Å². The van der Waals surface area contributed by atoms with E-state index in [-0.39, 0.29) is 6.04 Å². The predicted molar refractivity (Wildman–Crippen MR) is 62.7 cm³/mol. The summed E-state index contributed by atoms with van der Waals surface area (Å²) in [6.45, 7) is 0. The highest BCUT2D eigenvalue weighted by atomic mass is 16.5. The summed E-state index contributed by atoms with van der Waals surface area (Å²) in [4.78, 5) is 0. The molecule has 17 heavy (non-hydrogen) atoms. The molecule has 1 aromatic rings. The van der Waals surface area contributed by atoms with Crippen molar-refractivity contribution in [1.82, 2.24) is 0 Å². The van der Waals surface area contributed by atoms with Crippen LogP contribution in [0.2, 0.25) is 0 Å². The number of rotatable bonds is 3. The molecule has 1 aliphatic rings. The summed E-state index contributed by atoms with van der Waals surface area (Å²) in [7, 11) is 4.64. The van der Waals surface area contributed by atoms with Crippen LogP contribution < -0.4 is 19.9 Å². The first kappa shape index (κ1) is 12.0. The summed E-state index contributed by atoms with van der Waals surface area (Å²) in [5.74, 6) is 1.58. The van der Waals surface area contributed by atoms with Crippen LogP contribution in [0.3, 0.4) is 0 Å². The summed E-state index contributed by atoms with van der Waals surface area (Å²) in [5, 5.41) is 10.0. The highest BCUT2D eigenvalue weighted by Crippen LogP contribution is 2.48. The van der Waals surface area contributed by atoms with E-state index in [2.05, 4.69) is 0 Å². The Kier molecular flexibility index (Phi) is 3.13. The zero-order chi connectivity index (χ0) is 12.6. The van der Waals surface area contributed by atoms with Gasteiger partial charge in [0, 0.05) is 11.6 Å². The number of hydrogen-bond acceptors (Lipinski definition) is 5. The standard InChI is InChI=1S/C12H17NO4/c1-15-8-5-6-4-7(13)10(14)9(6)12(17-3)11(8)16-2/h5,7,10,14H,4,13H2,1-3H3. The van der Waals surface area contributed by atoms with Crippen LogP contribution in [0.5, 0.6) is 17.2 Å². The lowest BCUT2D eigenvalue weighted by atomic mass is 10.1. The molecule has 0 heterocycles. The zero-order valence-electron chi connectivity index (χ0n) is 10.2. The summed E-state index contributed by atoms with van der Waals surface area (Å²) >= 11 is 0. The molecule has 0 spiro atoms. The van der Waals surface area contributed by atoms with Gasteiger partial charge in [0.1, 0.15) is 0 Å². The fourth-order valence-electron chi connectivity index (χ4n) is 2.30. The molecule has 0 amide bonds. The first-order valence-electron chi connectivity index (χ1n) is 5.39. The zero-order valence-corrected chi connectivity index (χ0v) is 10.2. The van der Waals surface area contributed by atoms with Crippen molar-refractivity contribution < 1.29 is 19.3 Å². The fourth-order valence-corrected chi connectivity index (χ4v) is 2.30. The van der Waals surface area contributed by atoms with Gasteiger partial charge in [-0.2, -0.15) is 0 Å². The third-order valence-electron chi connectivity index (χ3n) is 3.11. The molecule has 2 unspecified atom stereocenters. The Morgan fingerprint density at radius 2 is 1.82 bits per heavy atom. The molecule has 3 N–H and O–H groups in total. The third kappa shape index (κ3) is 1.71. The molecule has 0 saturated heterocycles. The Bertz CT molecular complexity index is 433. The Balaban J connectivity index is 2.65. The van der Waals surface area contributed by atoms with E-state index in [0.29, 0.717) is 29.2 Å². The average molecular weight is 239 g/mol. The van der Waals surface area contributed by atoms with Crippen LogP contribution in [0.4, 0.5) is 0 Å². The van der Waals surface area contributed by atoms with Crippen LogP contribution in [0.25, 0.3) is 0 Å². The molecule has 0 saturated carbocycles. The number of methoxy groups -OCH3 is 3. The first-order chi connectivity index (χ1) is 8.13. The Morgan fingerprint density at radius 3 is 2.35 bits per heavy atom. The topological polar surface area (TPSA) is 73.9 Å². The normalized spacial score (nSPS) is 22.2. The lowest BCUT2D eigenvalue weighted by molar-refractivity contribution is 0.155. The molecule has 0 fully saturated rings. The van der Waals surface area contributed by atoms with Crippen molar-refractivity contribution in [3.8, 4) is 17.2 Å². The minimum atomic E-state index is -0.722. The van der Waals surface area contributed by atoms with E-state index in [1.54, 1.807) is 7.11 Å². The molecule has 1 aromatic carbocycles. The molecule has 5 nitrogen and oxygen atoms in total. The van der Waals surface area contributed by atoms with Crippen LogP contribution >= 0.6 is 0 Å². The third-order valence-corrected chi connectivity index (χ3v) is 3.11. The van der Waals surface area contributed by atoms with Gasteiger partial charge in [-0.3, -0.25) is 0 Å². The van der Waals surface area contributed by atoms with Crippen molar-refractivity contribution in [3.05, 3.63) is 17.2 Å². The molecule has 0 radical (unpaired) electrons. The minimum absolute atomic E-state index is 0.310. The maximum atomic E-state index is 10.0. The monoisotopic (exact) mass is 239 g/mol. The molecule has 2 atom stereocenters. The Hall–Kier alpha value is -1.46. The number of ether oxygens (including phenoxy) is 3. The number of fused-ring (bicyclic) bond motifs is 1. The molecule has 0 aromatic heterocycles. The van der Waals surface area contributed by atoms with Crippen molar-refractivity contribution in [3.63, 3.8) is 0 Å².